The number of aromatic nitrogens is 1. The fraction of sp³-hybridized carbons (Fsp3) is 0.400. The zero-order valence-corrected chi connectivity index (χ0v) is 13.9. The zero-order chi connectivity index (χ0) is 16.0. The van der Waals surface area contributed by atoms with Crippen LogP contribution in [-0.4, -0.2) is 25.2 Å². The summed E-state index contributed by atoms with van der Waals surface area (Å²) in [7, 11) is -1.80. The first-order valence-corrected chi connectivity index (χ1v) is 8.78. The van der Waals surface area contributed by atoms with E-state index in [0.29, 0.717) is 18.2 Å². The Labute approximate surface area is 130 Å². The van der Waals surface area contributed by atoms with Gasteiger partial charge < -0.3 is 18.8 Å². The Morgan fingerprint density at radius 3 is 2.36 bits per heavy atom. The lowest BCUT2D eigenvalue weighted by molar-refractivity contribution is 0.229. The number of anilines is 1. The first kappa shape index (κ1) is 16.7. The van der Waals surface area contributed by atoms with Gasteiger partial charge in [0.05, 0.1) is 13.2 Å². The van der Waals surface area contributed by atoms with Crippen LogP contribution in [0.5, 0.6) is 0 Å². The number of oxazole rings is 1. The fourth-order valence-corrected chi connectivity index (χ4v) is 3.69. The van der Waals surface area contributed by atoms with Gasteiger partial charge in [-0.05, 0) is 19.4 Å². The number of rotatable bonds is 8. The molecule has 0 saturated heterocycles. The normalized spacial score (nSPS) is 11.6. The summed E-state index contributed by atoms with van der Waals surface area (Å²) in [5.74, 6) is 0.779. The fourth-order valence-electron chi connectivity index (χ4n) is 2.05. The van der Waals surface area contributed by atoms with Gasteiger partial charge in [0, 0.05) is 13.5 Å². The van der Waals surface area contributed by atoms with E-state index in [4.69, 9.17) is 13.5 Å². The number of hydrogen-bond donors (Lipinski definition) is 1. The van der Waals surface area contributed by atoms with Crippen molar-refractivity contribution in [3.05, 3.63) is 41.8 Å². The smallest absolute Gasteiger partial charge is 0.385 e. The molecule has 1 aromatic heterocycles. The van der Waals surface area contributed by atoms with E-state index in [1.807, 2.05) is 30.3 Å². The molecule has 0 amide bonds. The predicted octanol–water partition coefficient (Wildman–Crippen LogP) is 3.20. The highest BCUT2D eigenvalue weighted by molar-refractivity contribution is 7.62. The van der Waals surface area contributed by atoms with Crippen molar-refractivity contribution in [2.45, 2.75) is 20.3 Å². The molecule has 120 valence electrons. The molecule has 7 heteroatoms. The Balaban J connectivity index is 2.33. The number of nitrogens with zero attached hydrogens (tertiary/aromatic N) is 1. The van der Waals surface area contributed by atoms with Crippen molar-refractivity contribution in [1.82, 2.24) is 4.98 Å². The summed E-state index contributed by atoms with van der Waals surface area (Å²) >= 11 is 0. The largest absolute Gasteiger partial charge is 0.424 e. The second kappa shape index (κ2) is 7.58. The molecule has 0 aliphatic heterocycles. The minimum absolute atomic E-state index is 0.199. The highest BCUT2D eigenvalue weighted by atomic mass is 31.2. The van der Waals surface area contributed by atoms with Gasteiger partial charge in [0.15, 0.2) is 0 Å². The molecule has 0 saturated carbocycles. The molecule has 1 heterocycles. The van der Waals surface area contributed by atoms with E-state index in [1.54, 1.807) is 20.9 Å². The first-order chi connectivity index (χ1) is 10.6. The molecule has 0 bridgehead atoms. The van der Waals surface area contributed by atoms with Crippen LogP contribution in [0.4, 0.5) is 5.88 Å². The van der Waals surface area contributed by atoms with Crippen LogP contribution in [0.1, 0.15) is 25.3 Å². The maximum absolute atomic E-state index is 12.9. The van der Waals surface area contributed by atoms with Gasteiger partial charge in [-0.1, -0.05) is 30.3 Å². The highest BCUT2D eigenvalue weighted by Crippen LogP contribution is 2.48. The van der Waals surface area contributed by atoms with E-state index in [9.17, 15) is 4.57 Å². The molecule has 0 aliphatic rings. The molecule has 0 radical (unpaired) electrons. The third-order valence-electron chi connectivity index (χ3n) is 2.94. The van der Waals surface area contributed by atoms with Gasteiger partial charge in [0.25, 0.3) is 0 Å². The van der Waals surface area contributed by atoms with Gasteiger partial charge in [-0.15, -0.1) is 0 Å². The third kappa shape index (κ3) is 3.77. The second-order valence-corrected chi connectivity index (χ2v) is 6.44. The van der Waals surface area contributed by atoms with Crippen molar-refractivity contribution in [2.75, 3.05) is 25.6 Å². The molecule has 1 N–H and O–H groups in total. The van der Waals surface area contributed by atoms with Gasteiger partial charge in [-0.2, -0.15) is 0 Å². The van der Waals surface area contributed by atoms with Gasteiger partial charge >= 0.3 is 7.60 Å². The summed E-state index contributed by atoms with van der Waals surface area (Å²) in [5, 5.41) is 2.86. The number of benzene rings is 1. The minimum Gasteiger partial charge on any atom is -0.424 e. The van der Waals surface area contributed by atoms with Crippen LogP contribution in [0.3, 0.4) is 0 Å². The van der Waals surface area contributed by atoms with Crippen molar-refractivity contribution in [3.8, 4) is 0 Å². The molecular formula is C15H21N2O4P. The highest BCUT2D eigenvalue weighted by Gasteiger charge is 2.35. The molecule has 6 nitrogen and oxygen atoms in total. The van der Waals surface area contributed by atoms with Crippen LogP contribution in [0.15, 0.2) is 34.7 Å². The Hall–Kier alpha value is -1.62. The maximum atomic E-state index is 12.9. The number of hydrogen-bond acceptors (Lipinski definition) is 6. The van der Waals surface area contributed by atoms with Crippen LogP contribution in [-0.2, 0) is 20.0 Å². The standard InChI is InChI=1S/C15H21N2O4P/c1-4-19-22(18,20-5-2)15-14(16-3)21-13(17-15)11-12-9-7-6-8-10-12/h6-10,16H,4-5,11H2,1-3H3. The summed E-state index contributed by atoms with van der Waals surface area (Å²) in [4.78, 5) is 4.34. The molecule has 0 atom stereocenters. The SMILES string of the molecule is CCOP(=O)(OCC)c1nc(Cc2ccccc2)oc1NC. The maximum Gasteiger partial charge on any atom is 0.385 e. The molecule has 0 spiro atoms. The van der Waals surface area contributed by atoms with E-state index >= 15 is 0 Å². The Kier molecular flexibility index (Phi) is 5.77. The topological polar surface area (TPSA) is 73.6 Å². The minimum atomic E-state index is -3.48. The van der Waals surface area contributed by atoms with Gasteiger partial charge in [-0.3, -0.25) is 4.57 Å². The van der Waals surface area contributed by atoms with E-state index in [-0.39, 0.29) is 18.6 Å². The van der Waals surface area contributed by atoms with Crippen molar-refractivity contribution >= 4 is 18.9 Å². The third-order valence-corrected chi connectivity index (χ3v) is 4.95. The lowest BCUT2D eigenvalue weighted by Gasteiger charge is -2.14. The Morgan fingerprint density at radius 2 is 1.82 bits per heavy atom. The van der Waals surface area contributed by atoms with E-state index < -0.39 is 7.60 Å². The van der Waals surface area contributed by atoms with E-state index in [0.717, 1.165) is 5.56 Å². The average Bonchev–Trinajstić information content (AvgIpc) is 2.92. The quantitative estimate of drug-likeness (QED) is 0.752. The molecular weight excluding hydrogens is 303 g/mol. The van der Waals surface area contributed by atoms with E-state index in [2.05, 4.69) is 10.3 Å². The molecule has 1 aromatic carbocycles. The molecule has 0 unspecified atom stereocenters. The van der Waals surface area contributed by atoms with Gasteiger partial charge in [-0.25, -0.2) is 4.98 Å². The first-order valence-electron chi connectivity index (χ1n) is 7.24. The van der Waals surface area contributed by atoms with Crippen LogP contribution >= 0.6 is 7.60 Å². The molecule has 0 fully saturated rings. The van der Waals surface area contributed by atoms with Gasteiger partial charge in [0.1, 0.15) is 0 Å². The zero-order valence-electron chi connectivity index (χ0n) is 13.0. The van der Waals surface area contributed by atoms with Crippen LogP contribution in [0, 0.1) is 0 Å². The monoisotopic (exact) mass is 324 g/mol. The van der Waals surface area contributed by atoms with Crippen molar-refractivity contribution < 1.29 is 18.0 Å². The van der Waals surface area contributed by atoms with E-state index in [1.165, 1.54) is 0 Å². The Morgan fingerprint density at radius 1 is 1.18 bits per heavy atom. The lowest BCUT2D eigenvalue weighted by atomic mass is 10.2. The van der Waals surface area contributed by atoms with Crippen LogP contribution < -0.4 is 10.8 Å². The second-order valence-electron chi connectivity index (χ2n) is 4.51. The summed E-state index contributed by atoms with van der Waals surface area (Å²) in [6.07, 6.45) is 0.508. The summed E-state index contributed by atoms with van der Waals surface area (Å²) < 4.78 is 29.2. The lowest BCUT2D eigenvalue weighted by Crippen LogP contribution is -2.15. The molecule has 0 aliphatic carbocycles. The predicted molar refractivity (Wildman–Crippen MR) is 85.8 cm³/mol. The van der Waals surface area contributed by atoms with Crippen molar-refractivity contribution in [1.29, 1.82) is 0 Å². The van der Waals surface area contributed by atoms with Gasteiger partial charge in [0.2, 0.25) is 17.2 Å². The molecule has 2 aromatic rings. The molecule has 22 heavy (non-hydrogen) atoms. The average molecular weight is 324 g/mol. The van der Waals surface area contributed by atoms with Crippen molar-refractivity contribution in [3.63, 3.8) is 0 Å². The summed E-state index contributed by atoms with van der Waals surface area (Å²) in [5.41, 5.74) is 1.25. The summed E-state index contributed by atoms with van der Waals surface area (Å²) in [6, 6.07) is 9.80. The summed E-state index contributed by atoms with van der Waals surface area (Å²) in [6.45, 7) is 4.05. The van der Waals surface area contributed by atoms with Crippen molar-refractivity contribution in [2.24, 2.45) is 0 Å². The van der Waals surface area contributed by atoms with Crippen LogP contribution in [0.25, 0.3) is 0 Å². The Bertz CT molecular complexity index is 632. The number of nitrogens with one attached hydrogen (secondary N) is 1. The van der Waals surface area contributed by atoms with Crippen LogP contribution in [0.2, 0.25) is 0 Å². The molecule has 2 rings (SSSR count).